The lowest BCUT2D eigenvalue weighted by molar-refractivity contribution is -0.138. The summed E-state index contributed by atoms with van der Waals surface area (Å²) in [6, 6.07) is -0.451. The summed E-state index contributed by atoms with van der Waals surface area (Å²) >= 11 is 0. The van der Waals surface area contributed by atoms with Crippen LogP contribution < -0.4 is 5.32 Å². The van der Waals surface area contributed by atoms with Crippen LogP contribution in [0, 0.1) is 5.92 Å². The summed E-state index contributed by atoms with van der Waals surface area (Å²) in [5.74, 6) is -0.913. The molecule has 1 fully saturated rings. The van der Waals surface area contributed by atoms with E-state index in [-0.39, 0.29) is 12.3 Å². The van der Waals surface area contributed by atoms with E-state index in [1.54, 1.807) is 20.8 Å². The molecule has 1 rings (SSSR count). The second-order valence-corrected chi connectivity index (χ2v) is 5.83. The number of carbonyl (C=O) groups excluding carboxylic acids is 1. The van der Waals surface area contributed by atoms with Crippen molar-refractivity contribution in [2.24, 2.45) is 5.92 Å². The Kier molecular flexibility index (Phi) is 5.60. The van der Waals surface area contributed by atoms with Crippen molar-refractivity contribution >= 4 is 12.1 Å². The molecule has 1 amide bonds. The summed E-state index contributed by atoms with van der Waals surface area (Å²) in [4.78, 5) is 22.6. The Bertz CT molecular complexity index is 317. The van der Waals surface area contributed by atoms with Crippen molar-refractivity contribution in [2.45, 2.75) is 51.7 Å². The third-order valence-electron chi connectivity index (χ3n) is 2.86. The SMILES string of the molecule is CC(C)(C)OC(=O)NC(CC(=O)O)C1CCCOC1. The Morgan fingerprint density at radius 1 is 1.47 bits per heavy atom. The molecule has 0 aromatic carbocycles. The molecule has 0 aromatic rings. The van der Waals surface area contributed by atoms with Crippen LogP contribution in [0.5, 0.6) is 0 Å². The number of aliphatic carboxylic acids is 1. The maximum absolute atomic E-state index is 11.7. The molecule has 2 unspecified atom stereocenters. The number of nitrogens with one attached hydrogen (secondary N) is 1. The number of rotatable bonds is 4. The van der Waals surface area contributed by atoms with Gasteiger partial charge in [0.1, 0.15) is 5.60 Å². The van der Waals surface area contributed by atoms with Crippen molar-refractivity contribution in [1.82, 2.24) is 5.32 Å². The van der Waals surface area contributed by atoms with E-state index >= 15 is 0 Å². The van der Waals surface area contributed by atoms with Crippen LogP contribution in [0.3, 0.4) is 0 Å². The van der Waals surface area contributed by atoms with Gasteiger partial charge in [0.2, 0.25) is 0 Å². The van der Waals surface area contributed by atoms with Crippen molar-refractivity contribution in [3.8, 4) is 0 Å². The lowest BCUT2D eigenvalue weighted by Crippen LogP contribution is -2.46. The second-order valence-electron chi connectivity index (χ2n) is 5.83. The number of carbonyl (C=O) groups is 2. The van der Waals surface area contributed by atoms with Gasteiger partial charge in [-0.1, -0.05) is 0 Å². The molecule has 19 heavy (non-hydrogen) atoms. The van der Waals surface area contributed by atoms with Gasteiger partial charge in [0.15, 0.2) is 0 Å². The van der Waals surface area contributed by atoms with Gasteiger partial charge in [-0.05, 0) is 33.6 Å². The molecule has 2 N–H and O–H groups in total. The van der Waals surface area contributed by atoms with Crippen LogP contribution in [-0.2, 0) is 14.3 Å². The summed E-state index contributed by atoms with van der Waals surface area (Å²) < 4.78 is 10.5. The Balaban J connectivity index is 2.58. The average molecular weight is 273 g/mol. The van der Waals surface area contributed by atoms with Crippen molar-refractivity contribution in [1.29, 1.82) is 0 Å². The Hall–Kier alpha value is -1.30. The average Bonchev–Trinajstić information content (AvgIpc) is 2.26. The minimum Gasteiger partial charge on any atom is -0.481 e. The molecule has 0 spiro atoms. The molecule has 2 atom stereocenters. The Morgan fingerprint density at radius 2 is 2.16 bits per heavy atom. The maximum Gasteiger partial charge on any atom is 0.407 e. The molecule has 1 heterocycles. The number of alkyl carbamates (subject to hydrolysis) is 1. The fourth-order valence-corrected chi connectivity index (χ4v) is 2.07. The molecule has 6 heteroatoms. The summed E-state index contributed by atoms with van der Waals surface area (Å²) in [5.41, 5.74) is -0.596. The molecule has 1 saturated heterocycles. The fourth-order valence-electron chi connectivity index (χ4n) is 2.07. The van der Waals surface area contributed by atoms with E-state index in [2.05, 4.69) is 5.32 Å². The van der Waals surface area contributed by atoms with Gasteiger partial charge in [-0.15, -0.1) is 0 Å². The normalized spacial score (nSPS) is 21.5. The van der Waals surface area contributed by atoms with Gasteiger partial charge in [-0.2, -0.15) is 0 Å². The number of hydrogen-bond acceptors (Lipinski definition) is 4. The first-order chi connectivity index (χ1) is 8.78. The molecule has 0 radical (unpaired) electrons. The molecule has 0 aliphatic carbocycles. The highest BCUT2D eigenvalue weighted by Crippen LogP contribution is 2.20. The minimum atomic E-state index is -0.938. The van der Waals surface area contributed by atoms with Gasteiger partial charge in [0, 0.05) is 18.6 Å². The van der Waals surface area contributed by atoms with Crippen LogP contribution in [0.2, 0.25) is 0 Å². The van der Waals surface area contributed by atoms with Gasteiger partial charge in [-0.25, -0.2) is 4.79 Å². The largest absolute Gasteiger partial charge is 0.481 e. The highest BCUT2D eigenvalue weighted by atomic mass is 16.6. The van der Waals surface area contributed by atoms with E-state index in [4.69, 9.17) is 14.6 Å². The minimum absolute atomic E-state index is 0.0253. The molecule has 0 saturated carbocycles. The topological polar surface area (TPSA) is 84.9 Å². The molecule has 110 valence electrons. The van der Waals surface area contributed by atoms with Gasteiger partial charge in [0.25, 0.3) is 0 Å². The summed E-state index contributed by atoms with van der Waals surface area (Å²) in [6.45, 7) is 6.48. The van der Waals surface area contributed by atoms with Crippen molar-refractivity contribution < 1.29 is 24.2 Å². The molecule has 0 bridgehead atoms. The van der Waals surface area contributed by atoms with Crippen molar-refractivity contribution in [3.63, 3.8) is 0 Å². The molecule has 1 aliphatic heterocycles. The zero-order chi connectivity index (χ0) is 14.5. The lowest BCUT2D eigenvalue weighted by Gasteiger charge is -2.30. The molecule has 1 aliphatic rings. The van der Waals surface area contributed by atoms with Gasteiger partial charge in [-0.3, -0.25) is 4.79 Å². The van der Waals surface area contributed by atoms with E-state index in [0.717, 1.165) is 12.8 Å². The van der Waals surface area contributed by atoms with Gasteiger partial charge >= 0.3 is 12.1 Å². The van der Waals surface area contributed by atoms with Crippen LogP contribution in [0.15, 0.2) is 0 Å². The van der Waals surface area contributed by atoms with E-state index < -0.39 is 23.7 Å². The van der Waals surface area contributed by atoms with Crippen molar-refractivity contribution in [3.05, 3.63) is 0 Å². The van der Waals surface area contributed by atoms with Crippen LogP contribution in [-0.4, -0.2) is 42.0 Å². The maximum atomic E-state index is 11.7. The molecular weight excluding hydrogens is 250 g/mol. The Morgan fingerprint density at radius 3 is 2.63 bits per heavy atom. The van der Waals surface area contributed by atoms with Crippen molar-refractivity contribution in [2.75, 3.05) is 13.2 Å². The number of carboxylic acid groups (broad SMARTS) is 1. The van der Waals surface area contributed by atoms with E-state index in [9.17, 15) is 9.59 Å². The summed E-state index contributed by atoms with van der Waals surface area (Å²) in [6.07, 6.45) is 1.04. The van der Waals surface area contributed by atoms with E-state index in [1.807, 2.05) is 0 Å². The fraction of sp³-hybridized carbons (Fsp3) is 0.846. The summed E-state index contributed by atoms with van der Waals surface area (Å²) in [5, 5.41) is 11.6. The predicted octanol–water partition coefficient (Wildman–Crippen LogP) is 1.78. The highest BCUT2D eigenvalue weighted by molar-refractivity contribution is 5.71. The zero-order valence-corrected chi connectivity index (χ0v) is 11.8. The number of amides is 1. The van der Waals surface area contributed by atoms with Crippen LogP contribution in [0.1, 0.15) is 40.0 Å². The first-order valence-electron chi connectivity index (χ1n) is 6.57. The lowest BCUT2D eigenvalue weighted by atomic mass is 9.91. The standard InChI is InChI=1S/C13H23NO5/c1-13(2,3)19-12(17)14-10(7-11(15)16)9-5-4-6-18-8-9/h9-10H,4-8H2,1-3H3,(H,14,17)(H,15,16). The van der Waals surface area contributed by atoms with Gasteiger partial charge < -0.3 is 19.9 Å². The Labute approximate surface area is 113 Å². The monoisotopic (exact) mass is 273 g/mol. The van der Waals surface area contributed by atoms with Crippen LogP contribution in [0.25, 0.3) is 0 Å². The third-order valence-corrected chi connectivity index (χ3v) is 2.86. The molecular formula is C13H23NO5. The number of ether oxygens (including phenoxy) is 2. The zero-order valence-electron chi connectivity index (χ0n) is 11.8. The number of hydrogen-bond donors (Lipinski definition) is 2. The van der Waals surface area contributed by atoms with Crippen LogP contribution >= 0.6 is 0 Å². The summed E-state index contributed by atoms with van der Waals surface area (Å²) in [7, 11) is 0. The first-order valence-corrected chi connectivity index (χ1v) is 6.57. The highest BCUT2D eigenvalue weighted by Gasteiger charge is 2.29. The second kappa shape index (κ2) is 6.75. The number of carboxylic acids is 1. The van der Waals surface area contributed by atoms with Gasteiger partial charge in [0.05, 0.1) is 13.0 Å². The van der Waals surface area contributed by atoms with E-state index in [1.165, 1.54) is 0 Å². The van der Waals surface area contributed by atoms with Crippen LogP contribution in [0.4, 0.5) is 4.79 Å². The molecule has 0 aromatic heterocycles. The predicted molar refractivity (Wildman–Crippen MR) is 69.0 cm³/mol. The smallest absolute Gasteiger partial charge is 0.407 e. The third kappa shape index (κ3) is 6.42. The first kappa shape index (κ1) is 15.8. The quantitative estimate of drug-likeness (QED) is 0.815. The van der Waals surface area contributed by atoms with E-state index in [0.29, 0.717) is 13.2 Å². The molecule has 6 nitrogen and oxygen atoms in total.